The Balaban J connectivity index is 1.64. The Hall–Kier alpha value is -3.02. The number of tetrazole rings is 1. The molecule has 2 aromatic carbocycles. The molecule has 1 heterocycles. The molecule has 1 atom stereocenters. The van der Waals surface area contributed by atoms with Crippen molar-refractivity contribution in [3.63, 3.8) is 0 Å². The number of aromatic nitrogens is 4. The number of carbonyl (C=O) groups is 1. The van der Waals surface area contributed by atoms with Gasteiger partial charge in [-0.1, -0.05) is 66.6 Å². The van der Waals surface area contributed by atoms with Gasteiger partial charge in [0.1, 0.15) is 6.54 Å². The molecule has 26 heavy (non-hydrogen) atoms. The van der Waals surface area contributed by atoms with Gasteiger partial charge in [0.05, 0.1) is 6.04 Å². The molecule has 1 amide bonds. The smallest absolute Gasteiger partial charge is 0.244 e. The SMILES string of the molecule is CC[C@@H](NC(=O)Cn1nnc(-c2ccc(C)cc2)n1)c1ccc(C)cc1. The summed E-state index contributed by atoms with van der Waals surface area (Å²) in [7, 11) is 0. The second-order valence-corrected chi connectivity index (χ2v) is 6.45. The molecule has 0 saturated heterocycles. The minimum atomic E-state index is -0.134. The van der Waals surface area contributed by atoms with Gasteiger partial charge in [0.15, 0.2) is 0 Å². The van der Waals surface area contributed by atoms with E-state index < -0.39 is 0 Å². The van der Waals surface area contributed by atoms with Gasteiger partial charge in [-0.2, -0.15) is 4.80 Å². The molecule has 0 bridgehead atoms. The van der Waals surface area contributed by atoms with Crippen LogP contribution in [-0.4, -0.2) is 26.1 Å². The van der Waals surface area contributed by atoms with Crippen LogP contribution in [0.3, 0.4) is 0 Å². The van der Waals surface area contributed by atoms with Crippen LogP contribution in [-0.2, 0) is 11.3 Å². The van der Waals surface area contributed by atoms with Gasteiger partial charge in [-0.25, -0.2) is 0 Å². The second-order valence-electron chi connectivity index (χ2n) is 6.45. The molecule has 0 unspecified atom stereocenters. The van der Waals surface area contributed by atoms with Crippen molar-refractivity contribution < 1.29 is 4.79 Å². The van der Waals surface area contributed by atoms with E-state index in [9.17, 15) is 4.79 Å². The van der Waals surface area contributed by atoms with Gasteiger partial charge in [0.25, 0.3) is 0 Å². The number of rotatable bonds is 6. The summed E-state index contributed by atoms with van der Waals surface area (Å²) in [4.78, 5) is 13.7. The number of amides is 1. The largest absolute Gasteiger partial charge is 0.348 e. The summed E-state index contributed by atoms with van der Waals surface area (Å²) >= 11 is 0. The summed E-state index contributed by atoms with van der Waals surface area (Å²) in [6.45, 7) is 6.16. The Bertz CT molecular complexity index is 868. The normalized spacial score (nSPS) is 12.0. The van der Waals surface area contributed by atoms with Gasteiger partial charge in [0.2, 0.25) is 11.7 Å². The van der Waals surface area contributed by atoms with E-state index in [1.54, 1.807) is 0 Å². The van der Waals surface area contributed by atoms with Gasteiger partial charge in [-0.05, 0) is 31.0 Å². The van der Waals surface area contributed by atoms with Crippen molar-refractivity contribution >= 4 is 5.91 Å². The molecular weight excluding hydrogens is 326 g/mol. The Labute approximate surface area is 153 Å². The molecule has 0 aliphatic heterocycles. The van der Waals surface area contributed by atoms with E-state index in [2.05, 4.69) is 32.9 Å². The first-order valence-corrected chi connectivity index (χ1v) is 8.76. The number of benzene rings is 2. The molecule has 0 radical (unpaired) electrons. The number of hydrogen-bond donors (Lipinski definition) is 1. The number of carbonyl (C=O) groups excluding carboxylic acids is 1. The van der Waals surface area contributed by atoms with Gasteiger partial charge < -0.3 is 5.32 Å². The first kappa shape index (κ1) is 17.8. The van der Waals surface area contributed by atoms with Crippen molar-refractivity contribution in [3.8, 4) is 11.4 Å². The average molecular weight is 349 g/mol. The maximum atomic E-state index is 12.4. The van der Waals surface area contributed by atoms with E-state index in [0.717, 1.165) is 17.5 Å². The predicted molar refractivity (Wildman–Crippen MR) is 100 cm³/mol. The first-order valence-electron chi connectivity index (χ1n) is 8.76. The third-order valence-corrected chi connectivity index (χ3v) is 4.27. The van der Waals surface area contributed by atoms with Crippen LogP contribution in [0.4, 0.5) is 0 Å². The van der Waals surface area contributed by atoms with Crippen molar-refractivity contribution in [1.82, 2.24) is 25.5 Å². The highest BCUT2D eigenvalue weighted by atomic mass is 16.2. The first-order chi connectivity index (χ1) is 12.5. The fraction of sp³-hybridized carbons (Fsp3) is 0.300. The van der Waals surface area contributed by atoms with E-state index in [1.807, 2.05) is 57.2 Å². The van der Waals surface area contributed by atoms with Crippen LogP contribution >= 0.6 is 0 Å². The van der Waals surface area contributed by atoms with Crippen LogP contribution in [0, 0.1) is 13.8 Å². The van der Waals surface area contributed by atoms with Crippen LogP contribution in [0.2, 0.25) is 0 Å². The number of nitrogens with zero attached hydrogens (tertiary/aromatic N) is 4. The summed E-state index contributed by atoms with van der Waals surface area (Å²) < 4.78 is 0. The lowest BCUT2D eigenvalue weighted by Crippen LogP contribution is -2.32. The highest BCUT2D eigenvalue weighted by Gasteiger charge is 2.14. The van der Waals surface area contributed by atoms with Crippen molar-refractivity contribution in [2.45, 2.75) is 39.8 Å². The van der Waals surface area contributed by atoms with Gasteiger partial charge >= 0.3 is 0 Å². The van der Waals surface area contributed by atoms with E-state index in [4.69, 9.17) is 0 Å². The molecule has 3 rings (SSSR count). The van der Waals surface area contributed by atoms with Gasteiger partial charge in [-0.15, -0.1) is 10.2 Å². The monoisotopic (exact) mass is 349 g/mol. The molecule has 6 heteroatoms. The number of hydrogen-bond acceptors (Lipinski definition) is 4. The molecule has 1 aromatic heterocycles. The zero-order valence-electron chi connectivity index (χ0n) is 15.3. The van der Waals surface area contributed by atoms with Crippen molar-refractivity contribution in [1.29, 1.82) is 0 Å². The maximum absolute atomic E-state index is 12.4. The van der Waals surface area contributed by atoms with Crippen LogP contribution < -0.4 is 5.32 Å². The summed E-state index contributed by atoms with van der Waals surface area (Å²) in [6, 6.07) is 16.1. The standard InChI is InChI=1S/C20H23N5O/c1-4-18(16-9-5-14(2)6-10-16)21-19(26)13-25-23-20(22-24-25)17-11-7-15(3)8-12-17/h5-12,18H,4,13H2,1-3H3,(H,21,26)/t18-/m1/s1. The molecule has 1 N–H and O–H groups in total. The third kappa shape index (κ3) is 4.33. The van der Waals surface area contributed by atoms with Crippen LogP contribution in [0.5, 0.6) is 0 Å². The zero-order valence-corrected chi connectivity index (χ0v) is 15.3. The Morgan fingerprint density at radius 2 is 1.65 bits per heavy atom. The fourth-order valence-electron chi connectivity index (χ4n) is 2.72. The minimum Gasteiger partial charge on any atom is -0.348 e. The minimum absolute atomic E-state index is 0.0248. The van der Waals surface area contributed by atoms with Crippen LogP contribution in [0.25, 0.3) is 11.4 Å². The number of nitrogens with one attached hydrogen (secondary N) is 1. The van der Waals surface area contributed by atoms with Gasteiger partial charge in [-0.3, -0.25) is 4.79 Å². The van der Waals surface area contributed by atoms with Crippen molar-refractivity contribution in [3.05, 3.63) is 65.2 Å². The topological polar surface area (TPSA) is 72.7 Å². The third-order valence-electron chi connectivity index (χ3n) is 4.27. The summed E-state index contributed by atoms with van der Waals surface area (Å²) in [5.41, 5.74) is 4.35. The molecule has 0 aliphatic carbocycles. The summed E-state index contributed by atoms with van der Waals surface area (Å²) in [6.07, 6.45) is 0.814. The van der Waals surface area contributed by atoms with Gasteiger partial charge in [0, 0.05) is 5.56 Å². The molecule has 0 saturated carbocycles. The van der Waals surface area contributed by atoms with E-state index >= 15 is 0 Å². The van der Waals surface area contributed by atoms with Crippen LogP contribution in [0.15, 0.2) is 48.5 Å². The average Bonchev–Trinajstić information content (AvgIpc) is 3.09. The van der Waals surface area contributed by atoms with Crippen molar-refractivity contribution in [2.24, 2.45) is 0 Å². The van der Waals surface area contributed by atoms with E-state index in [1.165, 1.54) is 15.9 Å². The Morgan fingerprint density at radius 3 is 2.27 bits per heavy atom. The molecule has 0 spiro atoms. The lowest BCUT2D eigenvalue weighted by atomic mass is 10.0. The Morgan fingerprint density at radius 1 is 1.04 bits per heavy atom. The molecule has 6 nitrogen and oxygen atoms in total. The molecule has 0 aliphatic rings. The van der Waals surface area contributed by atoms with E-state index in [0.29, 0.717) is 5.82 Å². The zero-order chi connectivity index (χ0) is 18.5. The molecule has 0 fully saturated rings. The fourth-order valence-corrected chi connectivity index (χ4v) is 2.72. The summed E-state index contributed by atoms with van der Waals surface area (Å²) in [5.74, 6) is 0.383. The molecular formula is C20H23N5O. The Kier molecular flexibility index (Phi) is 5.41. The maximum Gasteiger partial charge on any atom is 0.244 e. The molecule has 134 valence electrons. The number of aryl methyl sites for hydroxylation is 2. The lowest BCUT2D eigenvalue weighted by molar-refractivity contribution is -0.122. The highest BCUT2D eigenvalue weighted by molar-refractivity contribution is 5.76. The second kappa shape index (κ2) is 7.91. The highest BCUT2D eigenvalue weighted by Crippen LogP contribution is 2.17. The van der Waals surface area contributed by atoms with E-state index in [-0.39, 0.29) is 18.5 Å². The van der Waals surface area contributed by atoms with Crippen molar-refractivity contribution in [2.75, 3.05) is 0 Å². The molecule has 3 aromatic rings. The summed E-state index contributed by atoms with van der Waals surface area (Å²) in [5, 5.41) is 15.4. The quantitative estimate of drug-likeness (QED) is 0.741. The van der Waals surface area contributed by atoms with Crippen LogP contribution in [0.1, 0.15) is 36.1 Å². The predicted octanol–water partition coefficient (Wildman–Crippen LogP) is 3.22. The lowest BCUT2D eigenvalue weighted by Gasteiger charge is -2.17.